The number of benzene rings is 2. The summed E-state index contributed by atoms with van der Waals surface area (Å²) in [6.07, 6.45) is 2.52. The Balaban J connectivity index is 1.60. The second kappa shape index (κ2) is 6.76. The number of rotatable bonds is 3. The third-order valence-corrected chi connectivity index (χ3v) is 8.49. The molecule has 31 heavy (non-hydrogen) atoms. The van der Waals surface area contributed by atoms with E-state index in [0.29, 0.717) is 16.3 Å². The van der Waals surface area contributed by atoms with Crippen molar-refractivity contribution in [3.05, 3.63) is 87.1 Å². The number of halogens is 1. The number of anilines is 1. The first-order valence-corrected chi connectivity index (χ1v) is 11.9. The van der Waals surface area contributed by atoms with Crippen LogP contribution in [0.2, 0.25) is 5.02 Å². The molecule has 4 nitrogen and oxygen atoms in total. The Bertz CT molecular complexity index is 1190. The molecule has 2 aromatic carbocycles. The summed E-state index contributed by atoms with van der Waals surface area (Å²) >= 11 is 7.64. The molecule has 1 amide bonds. The molecule has 1 spiro atoms. The van der Waals surface area contributed by atoms with Crippen LogP contribution in [0.4, 0.5) is 5.69 Å². The normalized spacial score (nSPS) is 29.2. The fourth-order valence-corrected chi connectivity index (χ4v) is 7.05. The van der Waals surface area contributed by atoms with Gasteiger partial charge in [-0.3, -0.25) is 14.5 Å². The van der Waals surface area contributed by atoms with Gasteiger partial charge in [-0.15, -0.1) is 11.3 Å². The maximum Gasteiger partial charge on any atom is 0.250 e. The number of Topliss-reactive ketones (excluding diaryl/α,β-unsaturated/α-hetero) is 1. The smallest absolute Gasteiger partial charge is 0.250 e. The zero-order valence-electron chi connectivity index (χ0n) is 16.8. The summed E-state index contributed by atoms with van der Waals surface area (Å²) in [6.45, 7) is 0.776. The molecule has 1 aromatic heterocycles. The largest absolute Gasteiger partial charge is 0.324 e. The van der Waals surface area contributed by atoms with Crippen LogP contribution in [0.5, 0.6) is 0 Å². The van der Waals surface area contributed by atoms with Crippen LogP contribution in [-0.2, 0) is 15.9 Å². The molecule has 0 unspecified atom stereocenters. The van der Waals surface area contributed by atoms with Crippen molar-refractivity contribution in [1.29, 1.82) is 0 Å². The maximum absolute atomic E-state index is 13.9. The van der Waals surface area contributed by atoms with Gasteiger partial charge in [0.15, 0.2) is 5.78 Å². The topological polar surface area (TPSA) is 49.4 Å². The van der Waals surface area contributed by atoms with E-state index in [1.54, 1.807) is 0 Å². The Labute approximate surface area is 189 Å². The predicted octanol–water partition coefficient (Wildman–Crippen LogP) is 5.44. The van der Waals surface area contributed by atoms with E-state index in [1.165, 1.54) is 11.3 Å². The van der Waals surface area contributed by atoms with Crippen molar-refractivity contribution in [3.63, 3.8) is 0 Å². The quantitative estimate of drug-likeness (QED) is 0.542. The van der Waals surface area contributed by atoms with Gasteiger partial charge in [-0.1, -0.05) is 48.0 Å². The monoisotopic (exact) mass is 448 g/mol. The summed E-state index contributed by atoms with van der Waals surface area (Å²) in [6, 6.07) is 19.6. The van der Waals surface area contributed by atoms with Crippen LogP contribution in [0.1, 0.15) is 40.1 Å². The zero-order chi connectivity index (χ0) is 21.2. The average molecular weight is 449 g/mol. The molecular formula is C25H21ClN2O2S. The Hall–Kier alpha value is -2.47. The van der Waals surface area contributed by atoms with E-state index < -0.39 is 11.5 Å². The van der Waals surface area contributed by atoms with Crippen LogP contribution >= 0.6 is 22.9 Å². The summed E-state index contributed by atoms with van der Waals surface area (Å²) in [7, 11) is 0. The minimum Gasteiger partial charge on any atom is -0.324 e. The van der Waals surface area contributed by atoms with Gasteiger partial charge in [0, 0.05) is 28.4 Å². The highest BCUT2D eigenvalue weighted by molar-refractivity contribution is 7.12. The summed E-state index contributed by atoms with van der Waals surface area (Å²) < 4.78 is 0. The maximum atomic E-state index is 13.9. The van der Waals surface area contributed by atoms with Crippen molar-refractivity contribution in [2.45, 2.75) is 30.3 Å². The number of carbonyl (C=O) groups is 2. The molecule has 3 atom stereocenters. The summed E-state index contributed by atoms with van der Waals surface area (Å²) in [5, 5.41) is 5.71. The number of hydrogen-bond donors (Lipinski definition) is 1. The van der Waals surface area contributed by atoms with Gasteiger partial charge in [0.2, 0.25) is 5.91 Å². The van der Waals surface area contributed by atoms with Crippen molar-refractivity contribution in [2.24, 2.45) is 5.92 Å². The van der Waals surface area contributed by atoms with E-state index >= 15 is 0 Å². The molecule has 6 rings (SSSR count). The minimum atomic E-state index is -0.992. The summed E-state index contributed by atoms with van der Waals surface area (Å²) in [5.41, 5.74) is 1.51. The highest BCUT2D eigenvalue weighted by atomic mass is 35.5. The number of amides is 1. The lowest BCUT2D eigenvalue weighted by Crippen LogP contribution is -2.54. The molecule has 3 aliphatic rings. The van der Waals surface area contributed by atoms with Gasteiger partial charge in [-0.05, 0) is 54.5 Å². The lowest BCUT2D eigenvalue weighted by atomic mass is 9.75. The van der Waals surface area contributed by atoms with Crippen LogP contribution in [0.15, 0.2) is 66.0 Å². The first-order valence-electron chi connectivity index (χ1n) is 10.6. The number of para-hydroxylation sites is 1. The summed E-state index contributed by atoms with van der Waals surface area (Å²) in [4.78, 5) is 30.7. The number of hydrogen-bond acceptors (Lipinski definition) is 4. The van der Waals surface area contributed by atoms with Gasteiger partial charge in [0.25, 0.3) is 0 Å². The van der Waals surface area contributed by atoms with Crippen molar-refractivity contribution in [3.8, 4) is 0 Å². The summed E-state index contributed by atoms with van der Waals surface area (Å²) in [5.74, 6) is -0.475. The predicted molar refractivity (Wildman–Crippen MR) is 123 cm³/mol. The molecule has 1 N–H and O–H groups in total. The molecular weight excluding hydrogens is 428 g/mol. The number of carbonyl (C=O) groups excluding carboxylic acids is 2. The van der Waals surface area contributed by atoms with Crippen molar-refractivity contribution >= 4 is 40.3 Å². The molecule has 3 aromatic rings. The SMILES string of the molecule is O=C(c1cccs1)[C@H]1C[C@@]2(c3ccc(Cl)cc3)CCCN2[C@]12C(=O)Nc1ccccc12. The lowest BCUT2D eigenvalue weighted by Gasteiger charge is -2.41. The first-order chi connectivity index (χ1) is 15.1. The van der Waals surface area contributed by atoms with Crippen LogP contribution in [-0.4, -0.2) is 23.1 Å². The molecule has 3 aliphatic heterocycles. The Kier molecular flexibility index (Phi) is 4.20. The molecule has 0 aliphatic carbocycles. The highest BCUT2D eigenvalue weighted by Crippen LogP contribution is 2.63. The third-order valence-electron chi connectivity index (χ3n) is 7.35. The third kappa shape index (κ3) is 2.45. The Morgan fingerprint density at radius 2 is 1.90 bits per heavy atom. The number of nitrogens with one attached hydrogen (secondary N) is 1. The van der Waals surface area contributed by atoms with E-state index in [0.717, 1.165) is 36.2 Å². The van der Waals surface area contributed by atoms with Crippen LogP contribution in [0, 0.1) is 5.92 Å². The van der Waals surface area contributed by atoms with Crippen molar-refractivity contribution in [2.75, 3.05) is 11.9 Å². The van der Waals surface area contributed by atoms with E-state index in [-0.39, 0.29) is 17.2 Å². The van der Waals surface area contributed by atoms with Crippen LogP contribution in [0.25, 0.3) is 0 Å². The van der Waals surface area contributed by atoms with Gasteiger partial charge in [-0.2, -0.15) is 0 Å². The van der Waals surface area contributed by atoms with E-state index in [1.807, 2.05) is 53.9 Å². The molecule has 0 bridgehead atoms. The van der Waals surface area contributed by atoms with E-state index in [4.69, 9.17) is 11.6 Å². The average Bonchev–Trinajstić information content (AvgIpc) is 3.53. The second-order valence-electron chi connectivity index (χ2n) is 8.66. The van der Waals surface area contributed by atoms with Crippen LogP contribution < -0.4 is 5.32 Å². The van der Waals surface area contributed by atoms with Gasteiger partial charge < -0.3 is 5.32 Å². The molecule has 2 fully saturated rings. The number of thiophene rings is 1. The molecule has 4 heterocycles. The fraction of sp³-hybridized carbons (Fsp3) is 0.280. The Morgan fingerprint density at radius 3 is 2.68 bits per heavy atom. The van der Waals surface area contributed by atoms with Gasteiger partial charge in [0.05, 0.1) is 10.8 Å². The van der Waals surface area contributed by atoms with Gasteiger partial charge in [-0.25, -0.2) is 0 Å². The van der Waals surface area contributed by atoms with Gasteiger partial charge >= 0.3 is 0 Å². The minimum absolute atomic E-state index is 0.0598. The molecule has 0 radical (unpaired) electrons. The second-order valence-corrected chi connectivity index (χ2v) is 10.0. The molecule has 156 valence electrons. The van der Waals surface area contributed by atoms with Crippen LogP contribution in [0.3, 0.4) is 0 Å². The standard InChI is InChI=1S/C25H21ClN2O2S/c26-17-10-8-16(9-11-17)24-12-4-13-28(24)25(18-5-1-2-6-20(18)27-23(25)30)19(15-24)22(29)21-7-3-14-31-21/h1-3,5-11,14,19H,4,12-13,15H2,(H,27,30)/t19-,24-,25+/m1/s1. The van der Waals surface area contributed by atoms with Gasteiger partial charge in [0.1, 0.15) is 5.54 Å². The number of fused-ring (bicyclic) bond motifs is 4. The first kappa shape index (κ1) is 19.2. The van der Waals surface area contributed by atoms with E-state index in [2.05, 4.69) is 22.3 Å². The highest BCUT2D eigenvalue weighted by Gasteiger charge is 2.70. The lowest BCUT2D eigenvalue weighted by molar-refractivity contribution is -0.129. The molecule has 2 saturated heterocycles. The van der Waals surface area contributed by atoms with Crippen molar-refractivity contribution < 1.29 is 9.59 Å². The fourth-order valence-electron chi connectivity index (χ4n) is 6.21. The zero-order valence-corrected chi connectivity index (χ0v) is 18.4. The van der Waals surface area contributed by atoms with E-state index in [9.17, 15) is 9.59 Å². The van der Waals surface area contributed by atoms with Crippen molar-refractivity contribution in [1.82, 2.24) is 4.90 Å². The molecule has 6 heteroatoms. The number of ketones is 1. The Morgan fingerprint density at radius 1 is 1.10 bits per heavy atom. The number of nitrogens with zero attached hydrogens (tertiary/aromatic N) is 1. The molecule has 0 saturated carbocycles.